The van der Waals surface area contributed by atoms with Gasteiger partial charge in [-0.25, -0.2) is 4.98 Å². The molecule has 0 saturated heterocycles. The van der Waals surface area contributed by atoms with Crippen molar-refractivity contribution in [2.24, 2.45) is 0 Å². The molecule has 0 saturated carbocycles. The minimum atomic E-state index is 0.996. The number of thiazole rings is 1. The number of benzene rings is 11. The molecule has 0 unspecified atom stereocenters. The molecule has 15 aromatic rings. The predicted molar refractivity (Wildman–Crippen MR) is 304 cm³/mol. The molecule has 0 atom stereocenters. The number of aromatic nitrogens is 4. The summed E-state index contributed by atoms with van der Waals surface area (Å²) in [6.45, 7) is 0. The molecule has 0 radical (unpaired) electrons. The summed E-state index contributed by atoms with van der Waals surface area (Å²) in [7, 11) is 0. The summed E-state index contributed by atoms with van der Waals surface area (Å²) >= 11 is 1.77. The maximum absolute atomic E-state index is 5.54. The topological polar surface area (TPSA) is 27.7 Å². The van der Waals surface area contributed by atoms with E-state index in [-0.39, 0.29) is 0 Å². The van der Waals surface area contributed by atoms with Gasteiger partial charge in [-0.1, -0.05) is 176 Å². The Hall–Kier alpha value is -9.29. The van der Waals surface area contributed by atoms with Crippen molar-refractivity contribution >= 4 is 87.0 Å². The summed E-state index contributed by atoms with van der Waals surface area (Å²) in [5, 5.41) is 8.53. The highest BCUT2D eigenvalue weighted by atomic mass is 32.1. The molecule has 5 heteroatoms. The lowest BCUT2D eigenvalue weighted by Gasteiger charge is -2.12. The van der Waals surface area contributed by atoms with Crippen LogP contribution in [0, 0.1) is 0 Å². The molecule has 4 aromatic heterocycles. The van der Waals surface area contributed by atoms with Gasteiger partial charge in [-0.05, 0) is 101 Å². The van der Waals surface area contributed by atoms with Crippen molar-refractivity contribution in [2.45, 2.75) is 0 Å². The SMILES string of the molecule is c1ccc(-n2c3ccccc3c3cc(-c4ccc(-c5nc6c(-c7ccc(-n8c9ccccc9c9ccccc98)cc7)ccc(-c7ccc(-n8c9ccccc9c9ccccc98)cc7)c6s5)cc4)ccc32)cc1. The fourth-order valence-electron chi connectivity index (χ4n) is 11.4. The summed E-state index contributed by atoms with van der Waals surface area (Å²) in [6, 6.07) is 92.7. The standard InChI is InChI=1S/C67H42N4S/c1-2-14-48(15-3-1)69-63-25-13-8-20-57(63)58-42-47(34-41-64(58)69)43-26-28-46(29-27-43)67-68-65-51(44-30-35-49(36-31-44)70-59-21-9-4-16-53(59)54-17-5-10-22-60(54)70)39-40-52(66(65)72-67)45-32-37-50(38-33-45)71-61-23-11-6-18-55(61)56-19-7-12-24-62(56)71/h1-42H. The molecule has 0 aliphatic heterocycles. The summed E-state index contributed by atoms with van der Waals surface area (Å²) in [4.78, 5) is 5.54. The van der Waals surface area contributed by atoms with Crippen LogP contribution >= 0.6 is 11.3 Å². The molecular formula is C67H42N4S. The van der Waals surface area contributed by atoms with Crippen LogP contribution in [0.15, 0.2) is 255 Å². The molecule has 15 rings (SSSR count). The van der Waals surface area contributed by atoms with E-state index in [1.165, 1.54) is 86.8 Å². The second-order valence-corrected chi connectivity index (χ2v) is 19.7. The van der Waals surface area contributed by atoms with Crippen molar-refractivity contribution in [2.75, 3.05) is 0 Å². The molecule has 11 aromatic carbocycles. The van der Waals surface area contributed by atoms with Crippen LogP contribution in [0.5, 0.6) is 0 Å². The van der Waals surface area contributed by atoms with Crippen molar-refractivity contribution in [3.05, 3.63) is 255 Å². The molecule has 0 N–H and O–H groups in total. The van der Waals surface area contributed by atoms with Crippen molar-refractivity contribution in [1.29, 1.82) is 0 Å². The number of hydrogen-bond acceptors (Lipinski definition) is 2. The first kappa shape index (κ1) is 40.6. The third-order valence-corrected chi connectivity index (χ3v) is 15.9. The van der Waals surface area contributed by atoms with Crippen LogP contribution in [0.3, 0.4) is 0 Å². The summed E-state index contributed by atoms with van der Waals surface area (Å²) in [6.07, 6.45) is 0. The maximum Gasteiger partial charge on any atom is 0.124 e. The Morgan fingerprint density at radius 1 is 0.264 bits per heavy atom. The van der Waals surface area contributed by atoms with E-state index in [1.807, 2.05) is 0 Å². The Morgan fingerprint density at radius 2 is 0.625 bits per heavy atom. The first-order valence-corrected chi connectivity index (χ1v) is 25.3. The second-order valence-electron chi connectivity index (χ2n) is 18.7. The fourth-order valence-corrected chi connectivity index (χ4v) is 12.5. The highest BCUT2D eigenvalue weighted by Crippen LogP contribution is 2.44. The average Bonchev–Trinajstić information content (AvgIpc) is 4.22. The first-order valence-electron chi connectivity index (χ1n) is 24.5. The molecule has 336 valence electrons. The van der Waals surface area contributed by atoms with Gasteiger partial charge >= 0.3 is 0 Å². The zero-order chi connectivity index (χ0) is 47.3. The minimum absolute atomic E-state index is 0.996. The van der Waals surface area contributed by atoms with E-state index in [9.17, 15) is 0 Å². The quantitative estimate of drug-likeness (QED) is 0.156. The zero-order valence-corrected chi connectivity index (χ0v) is 39.8. The second kappa shape index (κ2) is 16.1. The van der Waals surface area contributed by atoms with Crippen LogP contribution in [0.4, 0.5) is 0 Å². The van der Waals surface area contributed by atoms with Crippen molar-refractivity contribution in [3.8, 4) is 61.0 Å². The Morgan fingerprint density at radius 3 is 1.12 bits per heavy atom. The Bertz CT molecular complexity index is 4290. The molecule has 0 aliphatic rings. The Balaban J connectivity index is 0.837. The van der Waals surface area contributed by atoms with Crippen LogP contribution in [0.25, 0.3) is 137 Å². The van der Waals surface area contributed by atoms with Crippen molar-refractivity contribution < 1.29 is 0 Å². The number of fused-ring (bicyclic) bond motifs is 10. The molecule has 0 spiro atoms. The van der Waals surface area contributed by atoms with Gasteiger partial charge < -0.3 is 13.7 Å². The highest BCUT2D eigenvalue weighted by Gasteiger charge is 2.20. The van der Waals surface area contributed by atoms with E-state index in [0.29, 0.717) is 0 Å². The minimum Gasteiger partial charge on any atom is -0.309 e. The molecule has 4 nitrogen and oxygen atoms in total. The summed E-state index contributed by atoms with van der Waals surface area (Å²) < 4.78 is 8.30. The van der Waals surface area contributed by atoms with Crippen LogP contribution in [-0.4, -0.2) is 18.7 Å². The van der Waals surface area contributed by atoms with E-state index in [2.05, 4.69) is 268 Å². The summed E-state index contributed by atoms with van der Waals surface area (Å²) in [5.74, 6) is 0. The van der Waals surface area contributed by atoms with Crippen LogP contribution in [0.2, 0.25) is 0 Å². The van der Waals surface area contributed by atoms with Gasteiger partial charge in [0, 0.05) is 66.1 Å². The van der Waals surface area contributed by atoms with Gasteiger partial charge in [0.2, 0.25) is 0 Å². The molecule has 72 heavy (non-hydrogen) atoms. The molecule has 0 aliphatic carbocycles. The van der Waals surface area contributed by atoms with Gasteiger partial charge in [-0.3, -0.25) is 0 Å². The fraction of sp³-hybridized carbons (Fsp3) is 0. The lowest BCUT2D eigenvalue weighted by atomic mass is 9.98. The first-order chi connectivity index (χ1) is 35.7. The van der Waals surface area contributed by atoms with E-state index in [1.54, 1.807) is 11.3 Å². The highest BCUT2D eigenvalue weighted by molar-refractivity contribution is 7.22. The Kier molecular flexibility index (Phi) is 9.10. The lowest BCUT2D eigenvalue weighted by molar-refractivity contribution is 1.18. The molecule has 0 bridgehead atoms. The Labute approximate surface area is 419 Å². The third kappa shape index (κ3) is 6.28. The predicted octanol–water partition coefficient (Wildman–Crippen LogP) is 18.3. The van der Waals surface area contributed by atoms with Crippen molar-refractivity contribution in [3.63, 3.8) is 0 Å². The van der Waals surface area contributed by atoms with Gasteiger partial charge in [-0.15, -0.1) is 11.3 Å². The average molecular weight is 935 g/mol. The van der Waals surface area contributed by atoms with Gasteiger partial charge in [0.05, 0.1) is 43.3 Å². The molecular weight excluding hydrogens is 893 g/mol. The molecule has 0 amide bonds. The number of hydrogen-bond donors (Lipinski definition) is 0. The van der Waals surface area contributed by atoms with Crippen molar-refractivity contribution in [1.82, 2.24) is 18.7 Å². The van der Waals surface area contributed by atoms with Gasteiger partial charge in [-0.2, -0.15) is 0 Å². The maximum atomic E-state index is 5.54. The number of rotatable bonds is 7. The van der Waals surface area contributed by atoms with Crippen LogP contribution in [-0.2, 0) is 0 Å². The van der Waals surface area contributed by atoms with Crippen LogP contribution in [0.1, 0.15) is 0 Å². The monoisotopic (exact) mass is 934 g/mol. The van der Waals surface area contributed by atoms with E-state index in [0.717, 1.165) is 49.8 Å². The number of para-hydroxylation sites is 6. The zero-order valence-electron chi connectivity index (χ0n) is 38.9. The van der Waals surface area contributed by atoms with Gasteiger partial charge in [0.15, 0.2) is 0 Å². The summed E-state index contributed by atoms with van der Waals surface area (Å²) in [5.41, 5.74) is 19.7. The molecule has 4 heterocycles. The number of nitrogens with zero attached hydrogens (tertiary/aromatic N) is 4. The smallest absolute Gasteiger partial charge is 0.124 e. The largest absolute Gasteiger partial charge is 0.309 e. The van der Waals surface area contributed by atoms with Gasteiger partial charge in [0.25, 0.3) is 0 Å². The van der Waals surface area contributed by atoms with E-state index < -0.39 is 0 Å². The lowest BCUT2D eigenvalue weighted by Crippen LogP contribution is -1.94. The normalized spacial score (nSPS) is 11.9. The van der Waals surface area contributed by atoms with E-state index >= 15 is 0 Å². The van der Waals surface area contributed by atoms with E-state index in [4.69, 9.17) is 4.98 Å². The molecule has 0 fully saturated rings. The van der Waals surface area contributed by atoms with Crippen LogP contribution < -0.4 is 0 Å². The van der Waals surface area contributed by atoms with Gasteiger partial charge in [0.1, 0.15) is 5.01 Å². The third-order valence-electron chi connectivity index (χ3n) is 14.7.